The van der Waals surface area contributed by atoms with Crippen LogP contribution in [0.1, 0.15) is 29.5 Å². The molecule has 1 aromatic rings. The van der Waals surface area contributed by atoms with Crippen LogP contribution in [-0.4, -0.2) is 30.7 Å². The molecular weight excluding hydrogens is 265 g/mol. The molecule has 1 aliphatic heterocycles. The summed E-state index contributed by atoms with van der Waals surface area (Å²) < 4.78 is 29.0. The number of nitrogens with zero attached hydrogens (tertiary/aromatic N) is 1. The number of likely N-dealkylation sites (tertiary alicyclic amines) is 1. The zero-order chi connectivity index (χ0) is 15.1. The topological polar surface area (TPSA) is 29.3 Å². The van der Waals surface area contributed by atoms with E-state index in [9.17, 15) is 13.2 Å². The molecule has 0 bridgehead atoms. The zero-order valence-electron chi connectivity index (χ0n) is 12.1. The smallest absolute Gasteiger partial charge is 0.328 e. The normalized spacial score (nSPS) is 16.9. The van der Waals surface area contributed by atoms with Crippen LogP contribution in [0.2, 0.25) is 0 Å². The number of rotatable bonds is 2. The Kier molecular flexibility index (Phi) is 7.02. The Morgan fingerprint density at radius 3 is 2.00 bits per heavy atom. The molecule has 5 heteroatoms. The number of aryl methyl sites for hydroxylation is 2. The maximum absolute atomic E-state index is 9.67. The molecule has 1 saturated heterocycles. The molecule has 1 aliphatic rings. The Balaban J connectivity index is 0.000000444. The maximum Gasteiger partial charge on any atom is 0.379 e. The van der Waals surface area contributed by atoms with Gasteiger partial charge >= 0.3 is 6.68 Å². The Morgan fingerprint density at radius 2 is 1.55 bits per heavy atom. The van der Waals surface area contributed by atoms with Crippen LogP contribution in [0.15, 0.2) is 18.2 Å². The first kappa shape index (κ1) is 17.0. The number of hydrogen-bond acceptors (Lipinski definition) is 2. The molecule has 0 aliphatic carbocycles. The summed E-state index contributed by atoms with van der Waals surface area (Å²) in [6.45, 7) is 4.04. The summed E-state index contributed by atoms with van der Waals surface area (Å²) in [6, 6.07) is 7.24. The van der Waals surface area contributed by atoms with Gasteiger partial charge in [0.15, 0.2) is 0 Å². The van der Waals surface area contributed by atoms with Crippen molar-refractivity contribution in [2.24, 2.45) is 5.73 Å². The molecule has 0 radical (unpaired) electrons. The van der Waals surface area contributed by atoms with Crippen LogP contribution in [0.3, 0.4) is 0 Å². The van der Waals surface area contributed by atoms with Gasteiger partial charge in [-0.3, -0.25) is 4.90 Å². The molecular formula is C15H23F3N2. The Labute approximate surface area is 118 Å². The van der Waals surface area contributed by atoms with Crippen LogP contribution in [0.5, 0.6) is 0 Å². The molecule has 0 atom stereocenters. The highest BCUT2D eigenvalue weighted by Gasteiger charge is 2.15. The average molecular weight is 288 g/mol. The molecule has 0 aromatic heterocycles. The van der Waals surface area contributed by atoms with E-state index in [2.05, 4.69) is 36.9 Å². The SMILES string of the molecule is Cc1cc(C)cc(CN2CCC(N)CC2)c1.FC(F)F. The molecule has 0 unspecified atom stereocenters. The van der Waals surface area contributed by atoms with Crippen molar-refractivity contribution in [2.75, 3.05) is 13.1 Å². The molecule has 2 N–H and O–H groups in total. The van der Waals surface area contributed by atoms with Gasteiger partial charge in [0, 0.05) is 12.6 Å². The first-order valence-corrected chi connectivity index (χ1v) is 6.84. The first-order valence-electron chi connectivity index (χ1n) is 6.84. The van der Waals surface area contributed by atoms with Gasteiger partial charge in [-0.05, 0) is 45.3 Å². The second-order valence-electron chi connectivity index (χ2n) is 5.36. The highest BCUT2D eigenvalue weighted by atomic mass is 19.4. The monoisotopic (exact) mass is 288 g/mol. The van der Waals surface area contributed by atoms with Crippen LogP contribution in [0.4, 0.5) is 13.2 Å². The number of hydrogen-bond donors (Lipinski definition) is 1. The highest BCUT2D eigenvalue weighted by Crippen LogP contribution is 2.15. The fourth-order valence-corrected chi connectivity index (χ4v) is 2.53. The third-order valence-electron chi connectivity index (χ3n) is 3.32. The van der Waals surface area contributed by atoms with Gasteiger partial charge in [-0.25, -0.2) is 0 Å². The van der Waals surface area contributed by atoms with Gasteiger partial charge in [0.1, 0.15) is 0 Å². The van der Waals surface area contributed by atoms with E-state index in [1.165, 1.54) is 16.7 Å². The van der Waals surface area contributed by atoms with E-state index in [1.54, 1.807) is 0 Å². The molecule has 2 rings (SSSR count). The molecule has 0 spiro atoms. The van der Waals surface area contributed by atoms with Crippen LogP contribution in [0.25, 0.3) is 0 Å². The van der Waals surface area contributed by atoms with Crippen LogP contribution >= 0.6 is 0 Å². The standard InChI is InChI=1S/C14H22N2.CHF3/c1-11-7-12(2)9-13(8-11)10-16-5-3-14(15)4-6-16;2-1(3)4/h7-9,14H,3-6,10,15H2,1-2H3;1H. The quantitative estimate of drug-likeness (QED) is 0.903. The van der Waals surface area contributed by atoms with Gasteiger partial charge in [-0.15, -0.1) is 0 Å². The number of benzene rings is 1. The Hall–Kier alpha value is -1.07. The van der Waals surface area contributed by atoms with Gasteiger partial charge in [-0.1, -0.05) is 29.3 Å². The highest BCUT2D eigenvalue weighted by molar-refractivity contribution is 5.28. The predicted molar refractivity (Wildman–Crippen MR) is 75.5 cm³/mol. The minimum Gasteiger partial charge on any atom is -0.328 e. The van der Waals surface area contributed by atoms with E-state index in [-0.39, 0.29) is 0 Å². The van der Waals surface area contributed by atoms with Gasteiger partial charge in [0.25, 0.3) is 0 Å². The number of nitrogens with two attached hydrogens (primary N) is 1. The van der Waals surface area contributed by atoms with Crippen molar-refractivity contribution < 1.29 is 13.2 Å². The Morgan fingerprint density at radius 1 is 1.10 bits per heavy atom. The lowest BCUT2D eigenvalue weighted by Crippen LogP contribution is -2.39. The maximum atomic E-state index is 9.67. The van der Waals surface area contributed by atoms with Crippen LogP contribution in [0, 0.1) is 13.8 Å². The largest absolute Gasteiger partial charge is 0.379 e. The van der Waals surface area contributed by atoms with E-state index >= 15 is 0 Å². The third-order valence-corrected chi connectivity index (χ3v) is 3.32. The fraction of sp³-hybridized carbons (Fsp3) is 0.600. The van der Waals surface area contributed by atoms with Crippen molar-refractivity contribution in [1.82, 2.24) is 4.90 Å². The number of alkyl halides is 3. The molecule has 1 heterocycles. The van der Waals surface area contributed by atoms with Crippen molar-refractivity contribution in [3.8, 4) is 0 Å². The van der Waals surface area contributed by atoms with Gasteiger partial charge in [0.2, 0.25) is 0 Å². The van der Waals surface area contributed by atoms with Crippen molar-refractivity contribution in [1.29, 1.82) is 0 Å². The average Bonchev–Trinajstić information content (AvgIpc) is 2.30. The molecule has 0 amide bonds. The summed E-state index contributed by atoms with van der Waals surface area (Å²) in [5.41, 5.74) is 10.1. The lowest BCUT2D eigenvalue weighted by Gasteiger charge is -2.30. The van der Waals surface area contributed by atoms with Crippen LogP contribution < -0.4 is 5.73 Å². The molecule has 2 nitrogen and oxygen atoms in total. The second kappa shape index (κ2) is 8.27. The van der Waals surface area contributed by atoms with E-state index in [1.807, 2.05) is 0 Å². The lowest BCUT2D eigenvalue weighted by atomic mass is 10.0. The molecule has 114 valence electrons. The van der Waals surface area contributed by atoms with Crippen molar-refractivity contribution in [3.05, 3.63) is 34.9 Å². The zero-order valence-corrected chi connectivity index (χ0v) is 12.1. The number of halogens is 3. The van der Waals surface area contributed by atoms with E-state index in [0.717, 1.165) is 32.5 Å². The first-order chi connectivity index (χ1) is 9.36. The summed E-state index contributed by atoms with van der Waals surface area (Å²) in [5.74, 6) is 0. The van der Waals surface area contributed by atoms with E-state index in [0.29, 0.717) is 6.04 Å². The Bertz CT molecular complexity index is 379. The van der Waals surface area contributed by atoms with Crippen molar-refractivity contribution >= 4 is 0 Å². The van der Waals surface area contributed by atoms with Gasteiger partial charge < -0.3 is 5.73 Å². The minimum atomic E-state index is -3.67. The predicted octanol–water partition coefficient (Wildman–Crippen LogP) is 3.41. The fourth-order valence-electron chi connectivity index (χ4n) is 2.53. The van der Waals surface area contributed by atoms with Crippen molar-refractivity contribution in [3.63, 3.8) is 0 Å². The number of piperidine rings is 1. The molecule has 1 aromatic carbocycles. The van der Waals surface area contributed by atoms with Crippen LogP contribution in [-0.2, 0) is 6.54 Å². The molecule has 0 saturated carbocycles. The van der Waals surface area contributed by atoms with E-state index < -0.39 is 6.68 Å². The van der Waals surface area contributed by atoms with Gasteiger partial charge in [-0.2, -0.15) is 13.2 Å². The molecule has 1 fully saturated rings. The lowest BCUT2D eigenvalue weighted by molar-refractivity contribution is 0.00819. The summed E-state index contributed by atoms with van der Waals surface area (Å²) in [6.07, 6.45) is 2.29. The summed E-state index contributed by atoms with van der Waals surface area (Å²) in [4.78, 5) is 2.51. The molecule has 20 heavy (non-hydrogen) atoms. The van der Waals surface area contributed by atoms with Gasteiger partial charge in [0.05, 0.1) is 0 Å². The summed E-state index contributed by atoms with van der Waals surface area (Å²) in [7, 11) is 0. The second-order valence-corrected chi connectivity index (χ2v) is 5.36. The minimum absolute atomic E-state index is 0.426. The third kappa shape index (κ3) is 6.91. The summed E-state index contributed by atoms with van der Waals surface area (Å²) in [5, 5.41) is 0. The summed E-state index contributed by atoms with van der Waals surface area (Å²) >= 11 is 0. The van der Waals surface area contributed by atoms with Crippen molar-refractivity contribution in [2.45, 2.75) is 46.0 Å². The van der Waals surface area contributed by atoms with E-state index in [4.69, 9.17) is 5.73 Å².